The number of aryl methyl sites for hydroxylation is 1. The maximum atomic E-state index is 13.6. The molecule has 52 heavy (non-hydrogen) atoms. The van der Waals surface area contributed by atoms with Gasteiger partial charge in [0, 0.05) is 21.7 Å². The summed E-state index contributed by atoms with van der Waals surface area (Å²) in [7, 11) is 0. The Bertz CT molecular complexity index is 2040. The van der Waals surface area contributed by atoms with Crippen molar-refractivity contribution in [2.45, 2.75) is 63.4 Å². The zero-order chi connectivity index (χ0) is 35.3. The minimum atomic E-state index is -0.545. The van der Waals surface area contributed by atoms with E-state index in [2.05, 4.69) is 61.5 Å². The average molecular weight is 713 g/mol. The van der Waals surface area contributed by atoms with E-state index < -0.39 is 30.7 Å². The zero-order valence-corrected chi connectivity index (χ0v) is 29.8. The van der Waals surface area contributed by atoms with Crippen LogP contribution >= 0.6 is 11.3 Å². The molecule has 8 rings (SSSR count). The Morgan fingerprint density at radius 3 is 2.02 bits per heavy atom. The van der Waals surface area contributed by atoms with Gasteiger partial charge in [-0.3, -0.25) is 0 Å². The van der Waals surface area contributed by atoms with Crippen molar-refractivity contribution in [3.8, 4) is 10.4 Å². The quantitative estimate of drug-likeness (QED) is 0.134. The molecular weight excluding hydrogens is 672 g/mol. The summed E-state index contributed by atoms with van der Waals surface area (Å²) in [5.41, 5.74) is 7.53. The summed E-state index contributed by atoms with van der Waals surface area (Å²) in [6.07, 6.45) is -1.97. The van der Waals surface area contributed by atoms with Gasteiger partial charge in [-0.2, -0.15) is 0 Å². The number of hydrogen-bond acceptors (Lipinski definition) is 6. The third-order valence-electron chi connectivity index (χ3n) is 9.83. The lowest BCUT2D eigenvalue weighted by Crippen LogP contribution is -2.60. The summed E-state index contributed by atoms with van der Waals surface area (Å²) in [6, 6.07) is 47.9. The van der Waals surface area contributed by atoms with Gasteiger partial charge in [0.15, 0.2) is 6.29 Å². The zero-order valence-electron chi connectivity index (χ0n) is 29.0. The molecular formula is C45H41FO5S. The summed E-state index contributed by atoms with van der Waals surface area (Å²) in [6.45, 7) is 3.30. The molecule has 5 aromatic carbocycles. The smallest absolute Gasteiger partial charge is 0.184 e. The average Bonchev–Trinajstić information content (AvgIpc) is 3.66. The second kappa shape index (κ2) is 16.0. The molecule has 1 aromatic heterocycles. The SMILES string of the molecule is Cc1ccc([C@@H]2O[C@@H]3COC(c4ccccc4)O[C@H]3[C@H](OCc3ccccc3)[C@H]2OCc2ccccc2)cc1Cc1ccc(-c2ccc(F)cc2)s1. The lowest BCUT2D eigenvalue weighted by atomic mass is 9.88. The minimum Gasteiger partial charge on any atom is -0.368 e. The lowest BCUT2D eigenvalue weighted by molar-refractivity contribution is -0.341. The van der Waals surface area contributed by atoms with Gasteiger partial charge in [0.05, 0.1) is 19.8 Å². The standard InChI is InChI=1S/C45H41FO5S/c1-30-17-18-35(25-36(30)26-38-23-24-40(52-38)33-19-21-37(46)22-20-33)41-43(47-27-31-11-5-2-6-12-31)44(48-28-32-13-7-3-8-14-32)42-39(50-41)29-49-45(51-42)34-15-9-4-10-16-34/h2-25,39,41-45H,26-29H2,1H3/t39-,41+,42-,43+,44+,45?/m1/s1. The van der Waals surface area contributed by atoms with Crippen molar-refractivity contribution in [1.29, 1.82) is 0 Å². The largest absolute Gasteiger partial charge is 0.368 e. The summed E-state index contributed by atoms with van der Waals surface area (Å²) in [4.78, 5) is 2.34. The molecule has 0 N–H and O–H groups in total. The van der Waals surface area contributed by atoms with Crippen molar-refractivity contribution < 1.29 is 28.1 Å². The highest BCUT2D eigenvalue weighted by Crippen LogP contribution is 2.43. The molecule has 0 radical (unpaired) electrons. The molecule has 2 fully saturated rings. The third kappa shape index (κ3) is 7.96. The molecule has 5 nitrogen and oxygen atoms in total. The number of hydrogen-bond donors (Lipinski definition) is 0. The van der Waals surface area contributed by atoms with E-state index in [1.165, 1.54) is 28.1 Å². The van der Waals surface area contributed by atoms with Gasteiger partial charge in [-0.25, -0.2) is 4.39 Å². The van der Waals surface area contributed by atoms with Crippen LogP contribution in [-0.2, 0) is 43.3 Å². The van der Waals surface area contributed by atoms with Crippen LogP contribution in [0, 0.1) is 12.7 Å². The van der Waals surface area contributed by atoms with E-state index in [-0.39, 0.29) is 11.9 Å². The molecule has 7 heteroatoms. The van der Waals surface area contributed by atoms with Gasteiger partial charge < -0.3 is 23.7 Å². The second-order valence-corrected chi connectivity index (χ2v) is 14.6. The maximum absolute atomic E-state index is 13.6. The van der Waals surface area contributed by atoms with Crippen molar-refractivity contribution >= 4 is 11.3 Å². The Balaban J connectivity index is 1.12. The molecule has 0 bridgehead atoms. The van der Waals surface area contributed by atoms with Crippen LogP contribution in [0.3, 0.4) is 0 Å². The fourth-order valence-corrected chi connectivity index (χ4v) is 8.06. The van der Waals surface area contributed by atoms with Crippen molar-refractivity contribution in [2.24, 2.45) is 0 Å². The van der Waals surface area contributed by atoms with Crippen molar-refractivity contribution in [3.05, 3.63) is 190 Å². The van der Waals surface area contributed by atoms with Gasteiger partial charge in [0.25, 0.3) is 0 Å². The Hall–Kier alpha value is -4.47. The predicted octanol–water partition coefficient (Wildman–Crippen LogP) is 10.2. The fourth-order valence-electron chi connectivity index (χ4n) is 7.02. The van der Waals surface area contributed by atoms with Crippen LogP contribution in [0.4, 0.5) is 4.39 Å². The Morgan fingerprint density at radius 2 is 1.33 bits per heavy atom. The summed E-state index contributed by atoms with van der Waals surface area (Å²) < 4.78 is 47.3. The molecule has 1 unspecified atom stereocenters. The Kier molecular flexibility index (Phi) is 10.7. The molecule has 2 aliphatic heterocycles. The summed E-state index contributed by atoms with van der Waals surface area (Å²) in [5, 5.41) is 0. The van der Waals surface area contributed by atoms with E-state index in [1.54, 1.807) is 11.3 Å². The first-order valence-corrected chi connectivity index (χ1v) is 18.6. The van der Waals surface area contributed by atoms with Gasteiger partial charge >= 0.3 is 0 Å². The highest BCUT2D eigenvalue weighted by atomic mass is 32.1. The number of benzene rings is 5. The normalized spacial score (nSPS) is 22.9. The lowest BCUT2D eigenvalue weighted by Gasteiger charge is -2.49. The Morgan fingerprint density at radius 1 is 0.673 bits per heavy atom. The van der Waals surface area contributed by atoms with Crippen molar-refractivity contribution in [2.75, 3.05) is 6.61 Å². The number of fused-ring (bicyclic) bond motifs is 1. The van der Waals surface area contributed by atoms with Crippen LogP contribution in [0.25, 0.3) is 10.4 Å². The van der Waals surface area contributed by atoms with E-state index >= 15 is 0 Å². The van der Waals surface area contributed by atoms with Crippen LogP contribution in [0.5, 0.6) is 0 Å². The molecule has 2 aliphatic rings. The van der Waals surface area contributed by atoms with E-state index in [1.807, 2.05) is 78.9 Å². The van der Waals surface area contributed by atoms with Gasteiger partial charge in [0.2, 0.25) is 0 Å². The number of rotatable bonds is 11. The summed E-state index contributed by atoms with van der Waals surface area (Å²) in [5.74, 6) is -0.231. The maximum Gasteiger partial charge on any atom is 0.184 e. The van der Waals surface area contributed by atoms with E-state index in [0.717, 1.165) is 39.1 Å². The first kappa shape index (κ1) is 34.6. The highest BCUT2D eigenvalue weighted by Gasteiger charge is 2.51. The minimum absolute atomic E-state index is 0.231. The summed E-state index contributed by atoms with van der Waals surface area (Å²) >= 11 is 1.73. The third-order valence-corrected chi connectivity index (χ3v) is 11.0. The van der Waals surface area contributed by atoms with Gasteiger partial charge in [-0.1, -0.05) is 121 Å². The number of thiophene rings is 1. The van der Waals surface area contributed by atoms with Crippen LogP contribution in [0.1, 0.15) is 50.7 Å². The van der Waals surface area contributed by atoms with Crippen molar-refractivity contribution in [3.63, 3.8) is 0 Å². The molecule has 3 heterocycles. The molecule has 264 valence electrons. The monoisotopic (exact) mass is 712 g/mol. The van der Waals surface area contributed by atoms with Crippen LogP contribution in [0.2, 0.25) is 0 Å². The van der Waals surface area contributed by atoms with Gasteiger partial charge in [-0.15, -0.1) is 11.3 Å². The number of halogens is 1. The first-order chi connectivity index (χ1) is 25.6. The molecule has 6 atom stereocenters. The van der Waals surface area contributed by atoms with Crippen LogP contribution < -0.4 is 0 Å². The second-order valence-electron chi connectivity index (χ2n) is 13.4. The Labute approximate surface area is 308 Å². The predicted molar refractivity (Wildman–Crippen MR) is 201 cm³/mol. The van der Waals surface area contributed by atoms with Crippen LogP contribution in [0.15, 0.2) is 146 Å². The van der Waals surface area contributed by atoms with Crippen molar-refractivity contribution in [1.82, 2.24) is 0 Å². The van der Waals surface area contributed by atoms with E-state index in [9.17, 15) is 4.39 Å². The molecule has 0 spiro atoms. The van der Waals surface area contributed by atoms with Crippen LogP contribution in [-0.4, -0.2) is 31.0 Å². The molecule has 6 aromatic rings. The first-order valence-electron chi connectivity index (χ1n) is 17.8. The van der Waals surface area contributed by atoms with Gasteiger partial charge in [0.1, 0.15) is 36.3 Å². The molecule has 0 amide bonds. The molecule has 2 saturated heterocycles. The fraction of sp³-hybridized carbons (Fsp3) is 0.244. The van der Waals surface area contributed by atoms with Gasteiger partial charge in [-0.05, 0) is 64.6 Å². The number of ether oxygens (including phenoxy) is 5. The highest BCUT2D eigenvalue weighted by molar-refractivity contribution is 7.15. The topological polar surface area (TPSA) is 46.2 Å². The van der Waals surface area contributed by atoms with E-state index in [4.69, 9.17) is 23.7 Å². The molecule has 0 aliphatic carbocycles. The van der Waals surface area contributed by atoms with E-state index in [0.29, 0.717) is 19.8 Å². The molecule has 0 saturated carbocycles.